The fourth-order valence-corrected chi connectivity index (χ4v) is 3.36. The molecule has 1 aliphatic rings. The van der Waals surface area contributed by atoms with Gasteiger partial charge in [0.1, 0.15) is 0 Å². The molecule has 0 unspecified atom stereocenters. The Bertz CT molecular complexity index is 865. The Morgan fingerprint density at radius 2 is 1.81 bits per heavy atom. The molecule has 3 rings (SSSR count). The maximum absolute atomic E-state index is 10.6. The number of aromatic nitrogens is 1. The van der Waals surface area contributed by atoms with Crippen molar-refractivity contribution in [1.82, 2.24) is 4.98 Å². The lowest BCUT2D eigenvalue weighted by atomic mass is 9.78. The quantitative estimate of drug-likeness (QED) is 0.619. The summed E-state index contributed by atoms with van der Waals surface area (Å²) in [7, 11) is -0.425. The van der Waals surface area contributed by atoms with Gasteiger partial charge < -0.3 is 14.4 Å². The van der Waals surface area contributed by atoms with Gasteiger partial charge in [-0.25, -0.2) is 4.98 Å². The molecule has 1 aromatic carbocycles. The first-order valence-electron chi connectivity index (χ1n) is 8.64. The Kier molecular flexibility index (Phi) is 6.20. The van der Waals surface area contributed by atoms with Crippen LogP contribution in [0.3, 0.4) is 0 Å². The number of aryl methyl sites for hydroxylation is 1. The highest BCUT2D eigenvalue weighted by Crippen LogP contribution is 2.36. The second-order valence-electron chi connectivity index (χ2n) is 7.78. The highest BCUT2D eigenvalue weighted by atomic mass is 32.1. The lowest BCUT2D eigenvalue weighted by molar-refractivity contribution is 0.00578. The van der Waals surface area contributed by atoms with Gasteiger partial charge in [-0.1, -0.05) is 24.0 Å². The monoisotopic (exact) mass is 403 g/mol. The largest absolute Gasteiger partial charge is 0.494 e. The highest BCUT2D eigenvalue weighted by Gasteiger charge is 2.51. The maximum atomic E-state index is 10.6. The van der Waals surface area contributed by atoms with E-state index in [0.717, 1.165) is 20.9 Å². The highest BCUT2D eigenvalue weighted by molar-refractivity contribution is 7.59. The molecule has 2 heterocycles. The van der Waals surface area contributed by atoms with Crippen LogP contribution in [-0.2, 0) is 14.9 Å². The van der Waals surface area contributed by atoms with Crippen LogP contribution in [0.4, 0.5) is 0 Å². The standard InChI is InChI=1S/C20H24BNO3S.H2S/c1-14-22-13-17(26-14)20(6,23)11-10-15-8-7-9-16(12-15)21-24-18(2,3)19(4,5)25-21;/h7-9,12-13,23H,1-6H3;1H2/t20-;/m0./s1. The zero-order valence-corrected chi connectivity index (χ0v) is 18.4. The van der Waals surface area contributed by atoms with Crippen molar-refractivity contribution in [2.45, 2.75) is 58.3 Å². The fraction of sp³-hybridized carbons (Fsp3) is 0.450. The molecule has 1 saturated heterocycles. The van der Waals surface area contributed by atoms with E-state index in [1.165, 1.54) is 11.3 Å². The van der Waals surface area contributed by atoms with Crippen molar-refractivity contribution in [3.05, 3.63) is 45.9 Å². The number of aliphatic hydroxyl groups is 1. The van der Waals surface area contributed by atoms with Gasteiger partial charge >= 0.3 is 7.12 Å². The van der Waals surface area contributed by atoms with Crippen LogP contribution in [0.15, 0.2) is 30.5 Å². The Balaban J connectivity index is 0.00000261. The molecule has 1 atom stereocenters. The lowest BCUT2D eigenvalue weighted by Crippen LogP contribution is -2.41. The smallest absolute Gasteiger partial charge is 0.399 e. The predicted octanol–water partition coefficient (Wildman–Crippen LogP) is 3.12. The van der Waals surface area contributed by atoms with Crippen molar-refractivity contribution in [2.24, 2.45) is 0 Å². The Labute approximate surface area is 172 Å². The minimum Gasteiger partial charge on any atom is -0.399 e. The molecule has 0 amide bonds. The fourth-order valence-electron chi connectivity index (χ4n) is 2.58. The molecule has 0 aliphatic carbocycles. The summed E-state index contributed by atoms with van der Waals surface area (Å²) in [5.74, 6) is 6.02. The van der Waals surface area contributed by atoms with E-state index in [0.29, 0.717) is 0 Å². The van der Waals surface area contributed by atoms with Crippen molar-refractivity contribution >= 4 is 37.4 Å². The van der Waals surface area contributed by atoms with Crippen molar-refractivity contribution in [3.63, 3.8) is 0 Å². The molecule has 27 heavy (non-hydrogen) atoms. The van der Waals surface area contributed by atoms with Crippen LogP contribution >= 0.6 is 24.8 Å². The van der Waals surface area contributed by atoms with E-state index < -0.39 is 12.7 Å². The summed E-state index contributed by atoms with van der Waals surface area (Å²) in [5.41, 5.74) is -0.269. The first-order valence-corrected chi connectivity index (χ1v) is 9.46. The van der Waals surface area contributed by atoms with Gasteiger partial charge in [0.15, 0.2) is 5.60 Å². The van der Waals surface area contributed by atoms with Crippen LogP contribution in [-0.4, -0.2) is 28.4 Å². The number of benzene rings is 1. The normalized spacial score (nSPS) is 19.6. The van der Waals surface area contributed by atoms with E-state index in [2.05, 4.69) is 16.8 Å². The van der Waals surface area contributed by atoms with Gasteiger partial charge in [-0.3, -0.25) is 0 Å². The predicted molar refractivity (Wildman–Crippen MR) is 116 cm³/mol. The van der Waals surface area contributed by atoms with Gasteiger partial charge in [0.2, 0.25) is 0 Å². The summed E-state index contributed by atoms with van der Waals surface area (Å²) < 4.78 is 12.2. The summed E-state index contributed by atoms with van der Waals surface area (Å²) in [6.07, 6.45) is 1.68. The molecule has 7 heteroatoms. The molecule has 0 saturated carbocycles. The Morgan fingerprint density at radius 1 is 1.19 bits per heavy atom. The first-order chi connectivity index (χ1) is 12.0. The molecule has 2 aromatic rings. The van der Waals surface area contributed by atoms with E-state index in [-0.39, 0.29) is 24.7 Å². The van der Waals surface area contributed by atoms with Crippen molar-refractivity contribution in [3.8, 4) is 11.8 Å². The van der Waals surface area contributed by atoms with Crippen molar-refractivity contribution in [2.75, 3.05) is 0 Å². The van der Waals surface area contributed by atoms with Gasteiger partial charge in [0.05, 0.1) is 21.1 Å². The van der Waals surface area contributed by atoms with Crippen LogP contribution in [0, 0.1) is 18.8 Å². The van der Waals surface area contributed by atoms with Crippen LogP contribution in [0.25, 0.3) is 0 Å². The van der Waals surface area contributed by atoms with Crippen LogP contribution in [0.5, 0.6) is 0 Å². The van der Waals surface area contributed by atoms with Gasteiger partial charge in [-0.05, 0) is 59.1 Å². The summed E-state index contributed by atoms with van der Waals surface area (Å²) >= 11 is 1.45. The lowest BCUT2D eigenvalue weighted by Gasteiger charge is -2.32. The third-order valence-corrected chi connectivity index (χ3v) is 6.09. The number of thiazole rings is 1. The van der Waals surface area contributed by atoms with E-state index >= 15 is 0 Å². The molecule has 1 aromatic heterocycles. The minimum absolute atomic E-state index is 0. The topological polar surface area (TPSA) is 51.6 Å². The van der Waals surface area contributed by atoms with Gasteiger partial charge in [-0.2, -0.15) is 13.5 Å². The second-order valence-corrected chi connectivity index (χ2v) is 9.01. The minimum atomic E-state index is -1.23. The van der Waals surface area contributed by atoms with Gasteiger partial charge in [-0.15, -0.1) is 11.3 Å². The SMILES string of the molecule is Cc1ncc([C@@](C)(O)C#Cc2cccc(B3OC(C)(C)C(C)(C)O3)c2)s1.S. The third kappa shape index (κ3) is 4.58. The van der Waals surface area contributed by atoms with Crippen molar-refractivity contribution in [1.29, 1.82) is 0 Å². The van der Waals surface area contributed by atoms with E-state index in [1.807, 2.05) is 58.9 Å². The molecule has 1 fully saturated rings. The molecule has 144 valence electrons. The van der Waals surface area contributed by atoms with Crippen molar-refractivity contribution < 1.29 is 14.4 Å². The molecule has 1 N–H and O–H groups in total. The average molecular weight is 403 g/mol. The Hall–Kier alpha value is -1.30. The molecule has 0 spiro atoms. The Morgan fingerprint density at radius 3 is 2.37 bits per heavy atom. The third-order valence-electron chi connectivity index (χ3n) is 4.96. The average Bonchev–Trinajstić information content (AvgIpc) is 3.08. The van der Waals surface area contributed by atoms with Crippen LogP contribution < -0.4 is 5.46 Å². The van der Waals surface area contributed by atoms with Crippen LogP contribution in [0.2, 0.25) is 0 Å². The summed E-state index contributed by atoms with van der Waals surface area (Å²) in [5, 5.41) is 11.5. The molecule has 4 nitrogen and oxygen atoms in total. The zero-order valence-electron chi connectivity index (χ0n) is 16.6. The summed E-state index contributed by atoms with van der Waals surface area (Å²) in [4.78, 5) is 4.93. The molecule has 1 aliphatic heterocycles. The molecule has 0 bridgehead atoms. The van der Waals surface area contributed by atoms with E-state index in [9.17, 15) is 5.11 Å². The number of rotatable bonds is 2. The van der Waals surface area contributed by atoms with E-state index in [1.54, 1.807) is 13.1 Å². The molecular formula is C20H26BNO3S2. The van der Waals surface area contributed by atoms with Crippen LogP contribution in [0.1, 0.15) is 50.1 Å². The number of hydrogen-bond donors (Lipinski definition) is 1. The van der Waals surface area contributed by atoms with E-state index in [4.69, 9.17) is 9.31 Å². The zero-order chi connectivity index (χ0) is 19.2. The number of nitrogens with zero attached hydrogens (tertiary/aromatic N) is 1. The first kappa shape index (κ1) is 22.0. The summed E-state index contributed by atoms with van der Waals surface area (Å²) in [6.45, 7) is 11.7. The summed E-state index contributed by atoms with van der Waals surface area (Å²) in [6, 6.07) is 7.76. The molecular weight excluding hydrogens is 377 g/mol. The van der Waals surface area contributed by atoms with Gasteiger partial charge in [0.25, 0.3) is 0 Å². The van der Waals surface area contributed by atoms with Gasteiger partial charge in [0, 0.05) is 11.8 Å². The second kappa shape index (κ2) is 7.61. The number of hydrogen-bond acceptors (Lipinski definition) is 5. The maximum Gasteiger partial charge on any atom is 0.494 e. The molecule has 0 radical (unpaired) electrons.